The van der Waals surface area contributed by atoms with Crippen molar-refractivity contribution in [1.29, 1.82) is 0 Å². The summed E-state index contributed by atoms with van der Waals surface area (Å²) in [7, 11) is 0. The molecule has 0 aliphatic rings. The van der Waals surface area contributed by atoms with Gasteiger partial charge in [0.25, 0.3) is 11.6 Å². The number of nitrogens with zero attached hydrogens (tertiary/aromatic N) is 2. The van der Waals surface area contributed by atoms with E-state index < -0.39 is 10.8 Å². The zero-order valence-electron chi connectivity index (χ0n) is 17.0. The van der Waals surface area contributed by atoms with E-state index >= 15 is 0 Å². The number of non-ortho nitro benzene ring substituents is 1. The molecule has 1 N–H and O–H groups in total. The van der Waals surface area contributed by atoms with Crippen molar-refractivity contribution >= 4 is 39.9 Å². The fraction of sp³-hybridized carbons (Fsp3) is 0.0833. The number of hydrogen-bond acceptors (Lipinski definition) is 4. The molecule has 1 amide bonds. The summed E-state index contributed by atoms with van der Waals surface area (Å²) in [6.45, 7) is 2.42. The summed E-state index contributed by atoms with van der Waals surface area (Å²) in [5, 5.41) is 14.8. The number of pyridine rings is 1. The van der Waals surface area contributed by atoms with E-state index in [1.54, 1.807) is 36.4 Å². The zero-order valence-corrected chi connectivity index (χ0v) is 17.8. The third-order valence-corrected chi connectivity index (χ3v) is 5.45. The van der Waals surface area contributed by atoms with Crippen molar-refractivity contribution in [1.82, 2.24) is 4.57 Å². The van der Waals surface area contributed by atoms with E-state index in [0.717, 1.165) is 0 Å². The Balaban J connectivity index is 1.91. The van der Waals surface area contributed by atoms with Crippen LogP contribution in [-0.2, 0) is 6.54 Å². The number of aryl methyl sites for hydroxylation is 1. The highest BCUT2D eigenvalue weighted by atomic mass is 35.5. The normalized spacial score (nSPS) is 10.8. The number of nitrogens with one attached hydrogen (secondary N) is 1. The molecule has 0 saturated carbocycles. The van der Waals surface area contributed by atoms with Gasteiger partial charge < -0.3 is 9.88 Å². The molecule has 4 rings (SSSR count). The van der Waals surface area contributed by atoms with Crippen LogP contribution in [0, 0.1) is 10.1 Å². The molecule has 160 valence electrons. The lowest BCUT2D eigenvalue weighted by Gasteiger charge is -2.20. The number of halogens is 1. The minimum Gasteiger partial charge on any atom is -0.327 e. The van der Waals surface area contributed by atoms with Crippen LogP contribution in [0.2, 0.25) is 5.02 Å². The van der Waals surface area contributed by atoms with E-state index in [1.165, 1.54) is 24.3 Å². The summed E-state index contributed by atoms with van der Waals surface area (Å²) in [4.78, 5) is 36.9. The number of aromatic nitrogens is 1. The monoisotopic (exact) mass is 447 g/mol. The molecule has 0 aliphatic heterocycles. The molecule has 32 heavy (non-hydrogen) atoms. The van der Waals surface area contributed by atoms with Crippen LogP contribution in [0.25, 0.3) is 22.0 Å². The van der Waals surface area contributed by atoms with Gasteiger partial charge in [0.2, 0.25) is 0 Å². The Labute approximate surface area is 188 Å². The largest absolute Gasteiger partial charge is 0.327 e. The number of nitro benzene ring substituents is 1. The van der Waals surface area contributed by atoms with Crippen LogP contribution < -0.4 is 10.7 Å². The summed E-state index contributed by atoms with van der Waals surface area (Å²) in [6.07, 6.45) is 0. The van der Waals surface area contributed by atoms with E-state index in [-0.39, 0.29) is 16.7 Å². The van der Waals surface area contributed by atoms with Gasteiger partial charge in [-0.3, -0.25) is 19.7 Å². The lowest BCUT2D eigenvalue weighted by atomic mass is 10.0. The van der Waals surface area contributed by atoms with Gasteiger partial charge in [0.15, 0.2) is 5.43 Å². The van der Waals surface area contributed by atoms with Crippen molar-refractivity contribution < 1.29 is 9.72 Å². The van der Waals surface area contributed by atoms with Crippen molar-refractivity contribution in [3.8, 4) is 11.1 Å². The van der Waals surface area contributed by atoms with Crippen molar-refractivity contribution in [3.05, 3.63) is 104 Å². The van der Waals surface area contributed by atoms with Gasteiger partial charge in [-0.2, -0.15) is 0 Å². The average molecular weight is 448 g/mol. The number of benzene rings is 3. The van der Waals surface area contributed by atoms with Gasteiger partial charge >= 0.3 is 0 Å². The molecule has 4 aromatic rings. The highest BCUT2D eigenvalue weighted by Crippen LogP contribution is 2.30. The Kier molecular flexibility index (Phi) is 5.75. The second kappa shape index (κ2) is 8.64. The van der Waals surface area contributed by atoms with E-state index in [9.17, 15) is 19.7 Å². The first-order valence-electron chi connectivity index (χ1n) is 9.88. The van der Waals surface area contributed by atoms with Gasteiger partial charge in [-0.25, -0.2) is 0 Å². The quantitative estimate of drug-likeness (QED) is 0.322. The number of para-hydroxylation sites is 1. The SMILES string of the molecule is CCn1c(NC(=O)c2ccc([N+](=O)[O-])cc2)c(-c2ccc(Cl)cc2)c(=O)c2ccccc21. The first-order chi connectivity index (χ1) is 15.4. The molecule has 8 heteroatoms. The van der Waals surface area contributed by atoms with Gasteiger partial charge in [0, 0.05) is 34.6 Å². The third kappa shape index (κ3) is 3.86. The minimum atomic E-state index is -0.529. The number of hydrogen-bond donors (Lipinski definition) is 1. The molecule has 0 bridgehead atoms. The summed E-state index contributed by atoms with van der Waals surface area (Å²) < 4.78 is 1.87. The number of amides is 1. The highest BCUT2D eigenvalue weighted by Gasteiger charge is 2.20. The number of rotatable bonds is 5. The van der Waals surface area contributed by atoms with Crippen molar-refractivity contribution in [3.63, 3.8) is 0 Å². The summed E-state index contributed by atoms with van der Waals surface area (Å²) in [6, 6.07) is 19.3. The maximum absolute atomic E-state index is 13.5. The lowest BCUT2D eigenvalue weighted by Crippen LogP contribution is -2.22. The first-order valence-corrected chi connectivity index (χ1v) is 10.3. The highest BCUT2D eigenvalue weighted by molar-refractivity contribution is 6.30. The van der Waals surface area contributed by atoms with Crippen LogP contribution in [-0.4, -0.2) is 15.4 Å². The number of anilines is 1. The van der Waals surface area contributed by atoms with Crippen molar-refractivity contribution in [2.75, 3.05) is 5.32 Å². The molecule has 0 spiro atoms. The fourth-order valence-electron chi connectivity index (χ4n) is 3.66. The van der Waals surface area contributed by atoms with Gasteiger partial charge in [0.1, 0.15) is 5.82 Å². The van der Waals surface area contributed by atoms with Crippen molar-refractivity contribution in [2.45, 2.75) is 13.5 Å². The average Bonchev–Trinajstić information content (AvgIpc) is 2.80. The van der Waals surface area contributed by atoms with Crippen LogP contribution in [0.4, 0.5) is 11.5 Å². The van der Waals surface area contributed by atoms with E-state index in [1.807, 2.05) is 23.6 Å². The summed E-state index contributed by atoms with van der Waals surface area (Å²) >= 11 is 6.03. The second-order valence-corrected chi connectivity index (χ2v) is 7.52. The number of carbonyl (C=O) groups excluding carboxylic acids is 1. The molecule has 0 fully saturated rings. The van der Waals surface area contributed by atoms with E-state index in [4.69, 9.17) is 11.6 Å². The Bertz CT molecular complexity index is 1390. The topological polar surface area (TPSA) is 94.2 Å². The van der Waals surface area contributed by atoms with Crippen LogP contribution in [0.1, 0.15) is 17.3 Å². The molecule has 0 unspecified atom stereocenters. The van der Waals surface area contributed by atoms with Gasteiger partial charge in [-0.05, 0) is 48.9 Å². The van der Waals surface area contributed by atoms with E-state index in [2.05, 4.69) is 5.32 Å². The van der Waals surface area contributed by atoms with Crippen LogP contribution in [0.3, 0.4) is 0 Å². The predicted molar refractivity (Wildman–Crippen MR) is 125 cm³/mol. The van der Waals surface area contributed by atoms with Gasteiger partial charge in [-0.1, -0.05) is 35.9 Å². The van der Waals surface area contributed by atoms with Crippen molar-refractivity contribution in [2.24, 2.45) is 0 Å². The van der Waals surface area contributed by atoms with E-state index in [0.29, 0.717) is 39.4 Å². The Morgan fingerprint density at radius 2 is 1.69 bits per heavy atom. The standard InChI is InChI=1S/C24H18ClN3O4/c1-2-27-20-6-4-3-5-19(20)22(29)21(15-7-11-17(25)12-8-15)23(27)26-24(30)16-9-13-18(14-10-16)28(31)32/h3-14H,2H2,1H3,(H,26,30). The Morgan fingerprint density at radius 3 is 2.31 bits per heavy atom. The molecular formula is C24H18ClN3O4. The minimum absolute atomic E-state index is 0.112. The van der Waals surface area contributed by atoms with Gasteiger partial charge in [0.05, 0.1) is 16.0 Å². The molecule has 1 heterocycles. The van der Waals surface area contributed by atoms with Crippen LogP contribution in [0.15, 0.2) is 77.6 Å². The summed E-state index contributed by atoms with van der Waals surface area (Å²) in [5.41, 5.74) is 1.56. The van der Waals surface area contributed by atoms with Gasteiger partial charge in [-0.15, -0.1) is 0 Å². The number of fused-ring (bicyclic) bond motifs is 1. The lowest BCUT2D eigenvalue weighted by molar-refractivity contribution is -0.384. The Hall–Kier alpha value is -3.97. The molecular weight excluding hydrogens is 430 g/mol. The van der Waals surface area contributed by atoms with Crippen LogP contribution >= 0.6 is 11.6 Å². The second-order valence-electron chi connectivity index (χ2n) is 7.08. The fourth-order valence-corrected chi connectivity index (χ4v) is 3.78. The molecule has 1 aromatic heterocycles. The first kappa shape index (κ1) is 21.3. The molecule has 0 saturated heterocycles. The zero-order chi connectivity index (χ0) is 22.8. The molecule has 0 radical (unpaired) electrons. The third-order valence-electron chi connectivity index (χ3n) is 5.19. The molecule has 3 aromatic carbocycles. The maximum atomic E-state index is 13.5. The molecule has 7 nitrogen and oxygen atoms in total. The molecule has 0 atom stereocenters. The molecule has 0 aliphatic carbocycles. The Morgan fingerprint density at radius 1 is 1.03 bits per heavy atom. The van der Waals surface area contributed by atoms with Crippen LogP contribution in [0.5, 0.6) is 0 Å². The number of nitro groups is 1. The maximum Gasteiger partial charge on any atom is 0.269 e. The predicted octanol–water partition coefficient (Wildman–Crippen LogP) is 5.50. The summed E-state index contributed by atoms with van der Waals surface area (Å²) in [5.74, 6) is -0.131. The smallest absolute Gasteiger partial charge is 0.269 e. The number of carbonyl (C=O) groups is 1.